The lowest BCUT2D eigenvalue weighted by Gasteiger charge is -2.10. The maximum Gasteiger partial charge on any atom is 0.324 e. The maximum absolute atomic E-state index is 11.3. The van der Waals surface area contributed by atoms with Gasteiger partial charge in [0.05, 0.1) is 6.54 Å². The molecule has 1 aliphatic rings. The number of hydrogen-bond donors (Lipinski definition) is 1. The summed E-state index contributed by atoms with van der Waals surface area (Å²) in [5.41, 5.74) is 0. The number of hydrogen-bond acceptors (Lipinski definition) is 6. The van der Waals surface area contributed by atoms with Gasteiger partial charge in [0, 0.05) is 12.3 Å². The SMILES string of the molecule is Cc1nnc(SCCCN2C(=O)CNC2=O)s1. The number of amides is 3. The van der Waals surface area contributed by atoms with Gasteiger partial charge in [-0.3, -0.25) is 9.69 Å². The molecule has 0 saturated carbocycles. The molecule has 92 valence electrons. The van der Waals surface area contributed by atoms with E-state index in [2.05, 4.69) is 15.5 Å². The molecule has 0 bridgehead atoms. The van der Waals surface area contributed by atoms with Crippen molar-refractivity contribution in [1.82, 2.24) is 20.4 Å². The largest absolute Gasteiger partial charge is 0.329 e. The van der Waals surface area contributed by atoms with Crippen LogP contribution in [0.25, 0.3) is 0 Å². The van der Waals surface area contributed by atoms with E-state index in [0.717, 1.165) is 21.5 Å². The highest BCUT2D eigenvalue weighted by atomic mass is 32.2. The zero-order valence-electron chi connectivity index (χ0n) is 9.30. The van der Waals surface area contributed by atoms with Gasteiger partial charge in [-0.25, -0.2) is 4.79 Å². The number of carbonyl (C=O) groups is 2. The molecule has 0 aliphatic carbocycles. The van der Waals surface area contributed by atoms with Crippen molar-refractivity contribution in [1.29, 1.82) is 0 Å². The predicted molar refractivity (Wildman–Crippen MR) is 65.1 cm³/mol. The summed E-state index contributed by atoms with van der Waals surface area (Å²) in [4.78, 5) is 23.7. The van der Waals surface area contributed by atoms with Gasteiger partial charge in [0.25, 0.3) is 0 Å². The Morgan fingerprint density at radius 2 is 2.29 bits per heavy atom. The first-order valence-electron chi connectivity index (χ1n) is 5.18. The number of carbonyl (C=O) groups excluding carboxylic acids is 2. The number of thioether (sulfide) groups is 1. The number of aryl methyl sites for hydroxylation is 1. The zero-order chi connectivity index (χ0) is 12.3. The Morgan fingerprint density at radius 3 is 2.88 bits per heavy atom. The van der Waals surface area contributed by atoms with Crippen molar-refractivity contribution in [2.24, 2.45) is 0 Å². The predicted octanol–water partition coefficient (Wildman–Crippen LogP) is 0.881. The van der Waals surface area contributed by atoms with Crippen LogP contribution in [0.15, 0.2) is 4.34 Å². The van der Waals surface area contributed by atoms with Crippen LogP contribution in [0.2, 0.25) is 0 Å². The Morgan fingerprint density at radius 1 is 1.47 bits per heavy atom. The van der Waals surface area contributed by atoms with Crippen molar-refractivity contribution in [3.8, 4) is 0 Å². The fraction of sp³-hybridized carbons (Fsp3) is 0.556. The normalized spacial score (nSPS) is 15.5. The van der Waals surface area contributed by atoms with Gasteiger partial charge >= 0.3 is 6.03 Å². The van der Waals surface area contributed by atoms with Gasteiger partial charge in [0.2, 0.25) is 5.91 Å². The van der Waals surface area contributed by atoms with Gasteiger partial charge in [0.15, 0.2) is 4.34 Å². The number of imide groups is 1. The van der Waals surface area contributed by atoms with Gasteiger partial charge < -0.3 is 5.32 Å². The van der Waals surface area contributed by atoms with E-state index in [-0.39, 0.29) is 18.5 Å². The van der Waals surface area contributed by atoms with Gasteiger partial charge in [-0.15, -0.1) is 10.2 Å². The van der Waals surface area contributed by atoms with Crippen LogP contribution in [-0.2, 0) is 4.79 Å². The second-order valence-corrected chi connectivity index (χ2v) is 6.02. The Hall–Kier alpha value is -1.15. The minimum absolute atomic E-state index is 0.127. The first-order chi connectivity index (χ1) is 8.16. The molecule has 2 rings (SSSR count). The fourth-order valence-corrected chi connectivity index (χ4v) is 3.21. The molecular formula is C9H12N4O2S2. The summed E-state index contributed by atoms with van der Waals surface area (Å²) < 4.78 is 0.930. The number of urea groups is 1. The number of rotatable bonds is 5. The molecular weight excluding hydrogens is 260 g/mol. The van der Waals surface area contributed by atoms with Gasteiger partial charge in [-0.2, -0.15) is 0 Å². The lowest BCUT2D eigenvalue weighted by molar-refractivity contribution is -0.124. The molecule has 1 N–H and O–H groups in total. The summed E-state index contributed by atoms with van der Waals surface area (Å²) in [5, 5.41) is 11.3. The summed E-state index contributed by atoms with van der Waals surface area (Å²) >= 11 is 3.15. The lowest BCUT2D eigenvalue weighted by Crippen LogP contribution is -2.32. The molecule has 17 heavy (non-hydrogen) atoms. The molecule has 3 amide bonds. The first-order valence-corrected chi connectivity index (χ1v) is 6.98. The van der Waals surface area contributed by atoms with E-state index < -0.39 is 0 Å². The summed E-state index contributed by atoms with van der Waals surface area (Å²) in [5.74, 6) is 0.679. The number of nitrogens with zero attached hydrogens (tertiary/aromatic N) is 3. The van der Waals surface area contributed by atoms with Crippen molar-refractivity contribution >= 4 is 35.0 Å². The number of aromatic nitrogens is 2. The third kappa shape index (κ3) is 3.16. The first kappa shape index (κ1) is 12.3. The topological polar surface area (TPSA) is 75.2 Å². The molecule has 1 aliphatic heterocycles. The summed E-state index contributed by atoms with van der Waals surface area (Å²) in [6.45, 7) is 2.51. The van der Waals surface area contributed by atoms with E-state index in [1.165, 1.54) is 4.90 Å². The van der Waals surface area contributed by atoms with Gasteiger partial charge in [-0.1, -0.05) is 23.1 Å². The van der Waals surface area contributed by atoms with Crippen molar-refractivity contribution in [3.05, 3.63) is 5.01 Å². The van der Waals surface area contributed by atoms with E-state index in [1.807, 2.05) is 6.92 Å². The Kier molecular flexibility index (Phi) is 3.95. The van der Waals surface area contributed by atoms with Crippen LogP contribution < -0.4 is 5.32 Å². The molecule has 6 nitrogen and oxygen atoms in total. The highest BCUT2D eigenvalue weighted by molar-refractivity contribution is 8.01. The van der Waals surface area contributed by atoms with Crippen LogP contribution in [0, 0.1) is 6.92 Å². The summed E-state index contributed by atoms with van der Waals surface area (Å²) in [7, 11) is 0. The average molecular weight is 272 g/mol. The Bertz CT molecular complexity index is 418. The quantitative estimate of drug-likeness (QED) is 0.489. The molecule has 8 heteroatoms. The standard InChI is InChI=1S/C9H12N4O2S2/c1-6-11-12-9(17-6)16-4-2-3-13-7(14)5-10-8(13)15/h2-5H2,1H3,(H,10,15). The highest BCUT2D eigenvalue weighted by Gasteiger charge is 2.27. The maximum atomic E-state index is 11.3. The van der Waals surface area contributed by atoms with Gasteiger partial charge in [-0.05, 0) is 13.3 Å². The van der Waals surface area contributed by atoms with E-state index in [0.29, 0.717) is 6.54 Å². The molecule has 1 aromatic rings. The molecule has 1 aromatic heterocycles. The second kappa shape index (κ2) is 5.46. The van der Waals surface area contributed by atoms with Gasteiger partial charge in [0.1, 0.15) is 5.01 Å². The third-order valence-electron chi connectivity index (χ3n) is 2.20. The van der Waals surface area contributed by atoms with Crippen molar-refractivity contribution in [2.75, 3.05) is 18.8 Å². The van der Waals surface area contributed by atoms with Crippen molar-refractivity contribution in [3.63, 3.8) is 0 Å². The zero-order valence-corrected chi connectivity index (χ0v) is 10.9. The lowest BCUT2D eigenvalue weighted by atomic mass is 10.4. The number of nitrogens with one attached hydrogen (secondary N) is 1. The summed E-state index contributed by atoms with van der Waals surface area (Å²) in [6, 6.07) is -0.285. The monoisotopic (exact) mass is 272 g/mol. The van der Waals surface area contributed by atoms with Crippen LogP contribution in [0.3, 0.4) is 0 Å². The Balaban J connectivity index is 1.69. The molecule has 1 saturated heterocycles. The fourth-order valence-electron chi connectivity index (χ4n) is 1.40. The van der Waals surface area contributed by atoms with Crippen LogP contribution >= 0.6 is 23.1 Å². The molecule has 0 atom stereocenters. The molecule has 1 fully saturated rings. The van der Waals surface area contributed by atoms with E-state index in [1.54, 1.807) is 23.1 Å². The van der Waals surface area contributed by atoms with Crippen LogP contribution in [-0.4, -0.2) is 45.9 Å². The van der Waals surface area contributed by atoms with Crippen LogP contribution in [0.4, 0.5) is 4.79 Å². The minimum atomic E-state index is -0.285. The van der Waals surface area contributed by atoms with E-state index in [4.69, 9.17) is 0 Å². The second-order valence-electron chi connectivity index (χ2n) is 3.49. The van der Waals surface area contributed by atoms with E-state index in [9.17, 15) is 9.59 Å². The van der Waals surface area contributed by atoms with E-state index >= 15 is 0 Å². The van der Waals surface area contributed by atoms with Crippen molar-refractivity contribution in [2.45, 2.75) is 17.7 Å². The molecule has 0 radical (unpaired) electrons. The van der Waals surface area contributed by atoms with Crippen LogP contribution in [0.5, 0.6) is 0 Å². The molecule has 0 unspecified atom stereocenters. The molecule has 0 aromatic carbocycles. The van der Waals surface area contributed by atoms with Crippen LogP contribution in [0.1, 0.15) is 11.4 Å². The highest BCUT2D eigenvalue weighted by Crippen LogP contribution is 2.22. The molecule has 2 heterocycles. The summed E-state index contributed by atoms with van der Waals surface area (Å²) in [6.07, 6.45) is 0.766. The smallest absolute Gasteiger partial charge is 0.324 e. The van der Waals surface area contributed by atoms with Crippen molar-refractivity contribution < 1.29 is 9.59 Å². The third-order valence-corrected chi connectivity index (χ3v) is 4.25. The average Bonchev–Trinajstić information content (AvgIpc) is 2.83. The molecule has 0 spiro atoms. The Labute approximate surface area is 107 Å². The minimum Gasteiger partial charge on any atom is -0.329 e.